The van der Waals surface area contributed by atoms with Crippen LogP contribution in [0.25, 0.3) is 22.6 Å². The lowest BCUT2D eigenvalue weighted by Gasteiger charge is -1.98. The summed E-state index contributed by atoms with van der Waals surface area (Å²) in [4.78, 5) is 16.1. The van der Waals surface area contributed by atoms with Gasteiger partial charge in [-0.1, -0.05) is 0 Å². The molecule has 3 N–H and O–H groups in total. The molecule has 0 aliphatic rings. The van der Waals surface area contributed by atoms with Gasteiger partial charge in [-0.15, -0.1) is 0 Å². The van der Waals surface area contributed by atoms with Gasteiger partial charge in [0.1, 0.15) is 5.82 Å². The first-order chi connectivity index (χ1) is 8.76. The molecule has 0 fully saturated rings. The molecule has 3 rings (SSSR count). The van der Waals surface area contributed by atoms with Crippen molar-refractivity contribution >= 4 is 27.1 Å². The lowest BCUT2D eigenvalue weighted by atomic mass is 10.2. The van der Waals surface area contributed by atoms with E-state index in [1.54, 1.807) is 12.4 Å². The highest BCUT2D eigenvalue weighted by molar-refractivity contribution is 9.10. The normalized spacial score (nSPS) is 11.0. The van der Waals surface area contributed by atoms with Crippen molar-refractivity contribution in [2.45, 2.75) is 6.54 Å². The number of rotatable bonds is 2. The summed E-state index contributed by atoms with van der Waals surface area (Å²) >= 11 is 3.38. The van der Waals surface area contributed by atoms with Gasteiger partial charge in [-0.05, 0) is 34.1 Å². The first-order valence-electron chi connectivity index (χ1n) is 5.43. The Morgan fingerprint density at radius 3 is 3.00 bits per heavy atom. The molecule has 3 heterocycles. The number of nitrogens with one attached hydrogen (secondary N) is 1. The van der Waals surface area contributed by atoms with Crippen LogP contribution in [0.4, 0.5) is 0 Å². The van der Waals surface area contributed by atoms with E-state index in [1.807, 2.05) is 18.2 Å². The van der Waals surface area contributed by atoms with Crippen LogP contribution in [0.5, 0.6) is 0 Å². The van der Waals surface area contributed by atoms with Gasteiger partial charge in [0.2, 0.25) is 0 Å². The van der Waals surface area contributed by atoms with Crippen molar-refractivity contribution in [1.82, 2.24) is 19.9 Å². The first-order valence-corrected chi connectivity index (χ1v) is 6.22. The molecule has 0 atom stereocenters. The third kappa shape index (κ3) is 2.00. The maximum absolute atomic E-state index is 5.58. The van der Waals surface area contributed by atoms with E-state index in [1.165, 1.54) is 0 Å². The number of H-pyrrole nitrogens is 1. The lowest BCUT2D eigenvalue weighted by Crippen LogP contribution is -1.99. The van der Waals surface area contributed by atoms with Gasteiger partial charge in [-0.3, -0.25) is 4.98 Å². The summed E-state index contributed by atoms with van der Waals surface area (Å²) in [5, 5.41) is 0. The molecule has 3 aromatic heterocycles. The highest BCUT2D eigenvalue weighted by atomic mass is 79.9. The number of hydrogen-bond acceptors (Lipinski definition) is 4. The number of nitrogens with zero attached hydrogens (tertiary/aromatic N) is 3. The summed E-state index contributed by atoms with van der Waals surface area (Å²) in [6.07, 6.45) is 3.46. The van der Waals surface area contributed by atoms with Gasteiger partial charge >= 0.3 is 0 Å². The lowest BCUT2D eigenvalue weighted by molar-refractivity contribution is 0.990. The molecule has 0 aliphatic carbocycles. The highest BCUT2D eigenvalue weighted by Gasteiger charge is 2.07. The minimum Gasteiger partial charge on any atom is -0.337 e. The number of aromatic amines is 1. The topological polar surface area (TPSA) is 80.5 Å². The van der Waals surface area contributed by atoms with E-state index in [0.29, 0.717) is 12.2 Å². The summed E-state index contributed by atoms with van der Waals surface area (Å²) in [7, 11) is 0. The van der Waals surface area contributed by atoms with E-state index in [-0.39, 0.29) is 0 Å². The summed E-state index contributed by atoms with van der Waals surface area (Å²) in [6, 6.07) is 5.77. The molecule has 5 nitrogen and oxygen atoms in total. The number of hydrogen-bond donors (Lipinski definition) is 2. The molecule has 0 aromatic carbocycles. The summed E-state index contributed by atoms with van der Waals surface area (Å²) in [5.41, 5.74) is 8.96. The van der Waals surface area contributed by atoms with E-state index in [0.717, 1.165) is 27.1 Å². The van der Waals surface area contributed by atoms with Crippen molar-refractivity contribution in [1.29, 1.82) is 0 Å². The first kappa shape index (κ1) is 11.3. The monoisotopic (exact) mass is 303 g/mol. The zero-order valence-corrected chi connectivity index (χ0v) is 11.0. The average Bonchev–Trinajstić information content (AvgIpc) is 2.81. The van der Waals surface area contributed by atoms with Gasteiger partial charge in [0, 0.05) is 29.0 Å². The Balaban J connectivity index is 2.13. The van der Waals surface area contributed by atoms with Crippen molar-refractivity contribution in [3.8, 4) is 11.4 Å². The van der Waals surface area contributed by atoms with Crippen LogP contribution >= 0.6 is 15.9 Å². The predicted molar refractivity (Wildman–Crippen MR) is 72.7 cm³/mol. The van der Waals surface area contributed by atoms with Crippen molar-refractivity contribution in [3.63, 3.8) is 0 Å². The summed E-state index contributed by atoms with van der Waals surface area (Å²) in [6.45, 7) is 0.415. The molecule has 0 saturated heterocycles. The summed E-state index contributed by atoms with van der Waals surface area (Å²) < 4.78 is 0.919. The van der Waals surface area contributed by atoms with Crippen LogP contribution < -0.4 is 5.73 Å². The number of fused-ring (bicyclic) bond motifs is 1. The van der Waals surface area contributed by atoms with Gasteiger partial charge < -0.3 is 10.7 Å². The minimum atomic E-state index is 0.415. The molecular formula is C12H10BrN5. The summed E-state index contributed by atoms with van der Waals surface area (Å²) in [5.74, 6) is 0.771. The fourth-order valence-electron chi connectivity index (χ4n) is 1.75. The molecule has 0 saturated carbocycles. The molecule has 0 spiro atoms. The third-order valence-electron chi connectivity index (χ3n) is 2.60. The smallest absolute Gasteiger partial charge is 0.178 e. The molecule has 0 unspecified atom stereocenters. The van der Waals surface area contributed by atoms with Crippen LogP contribution in [-0.2, 0) is 6.54 Å². The number of pyridine rings is 2. The van der Waals surface area contributed by atoms with Crippen molar-refractivity contribution in [3.05, 3.63) is 40.8 Å². The van der Waals surface area contributed by atoms with Gasteiger partial charge in [0.25, 0.3) is 0 Å². The second-order valence-electron chi connectivity index (χ2n) is 3.85. The van der Waals surface area contributed by atoms with Crippen LogP contribution in [-0.4, -0.2) is 19.9 Å². The van der Waals surface area contributed by atoms with Crippen LogP contribution in [0.2, 0.25) is 0 Å². The standard InChI is InChI=1S/C12H10BrN5/c13-8-4-10-12(16-6-8)18-11(17-10)7-1-2-15-9(3-7)5-14/h1-4,6H,5,14H2,(H,16,17,18). The van der Waals surface area contributed by atoms with Gasteiger partial charge in [-0.25, -0.2) is 9.97 Å². The van der Waals surface area contributed by atoms with E-state index in [2.05, 4.69) is 35.9 Å². The Hall–Kier alpha value is -1.79. The maximum atomic E-state index is 5.58. The molecule has 3 aromatic rings. The Labute approximate surface area is 112 Å². The number of aromatic nitrogens is 4. The fraction of sp³-hybridized carbons (Fsp3) is 0.0833. The molecule has 0 bridgehead atoms. The number of nitrogens with two attached hydrogens (primary N) is 1. The van der Waals surface area contributed by atoms with E-state index in [4.69, 9.17) is 5.73 Å². The van der Waals surface area contributed by atoms with Crippen molar-refractivity contribution < 1.29 is 0 Å². The van der Waals surface area contributed by atoms with Gasteiger partial charge in [0.15, 0.2) is 5.65 Å². The van der Waals surface area contributed by atoms with E-state index in [9.17, 15) is 0 Å². The Morgan fingerprint density at radius 2 is 2.17 bits per heavy atom. The van der Waals surface area contributed by atoms with Crippen LogP contribution in [0.15, 0.2) is 35.1 Å². The average molecular weight is 304 g/mol. The zero-order valence-electron chi connectivity index (χ0n) is 9.39. The Kier molecular flexibility index (Phi) is 2.81. The maximum Gasteiger partial charge on any atom is 0.178 e. The fourth-order valence-corrected chi connectivity index (χ4v) is 2.08. The zero-order chi connectivity index (χ0) is 12.5. The van der Waals surface area contributed by atoms with E-state index < -0.39 is 0 Å². The van der Waals surface area contributed by atoms with Crippen LogP contribution in [0.1, 0.15) is 5.69 Å². The number of imidazole rings is 1. The van der Waals surface area contributed by atoms with Gasteiger partial charge in [0.05, 0.1) is 11.2 Å². The molecule has 90 valence electrons. The molecule has 18 heavy (non-hydrogen) atoms. The molecule has 0 aliphatic heterocycles. The third-order valence-corrected chi connectivity index (χ3v) is 3.04. The van der Waals surface area contributed by atoms with Gasteiger partial charge in [-0.2, -0.15) is 0 Å². The van der Waals surface area contributed by atoms with Crippen LogP contribution in [0.3, 0.4) is 0 Å². The molecular weight excluding hydrogens is 294 g/mol. The Bertz CT molecular complexity index is 707. The SMILES string of the molecule is NCc1cc(-c2nc3ncc(Br)cc3[nH]2)ccn1. The highest BCUT2D eigenvalue weighted by Crippen LogP contribution is 2.21. The van der Waals surface area contributed by atoms with Crippen molar-refractivity contribution in [2.24, 2.45) is 5.73 Å². The minimum absolute atomic E-state index is 0.415. The predicted octanol–water partition coefficient (Wildman–Crippen LogP) is 2.24. The molecule has 6 heteroatoms. The molecule has 0 amide bonds. The molecule has 0 radical (unpaired) electrons. The van der Waals surface area contributed by atoms with Crippen LogP contribution in [0, 0.1) is 0 Å². The Morgan fingerprint density at radius 1 is 1.28 bits per heavy atom. The second-order valence-corrected chi connectivity index (χ2v) is 4.77. The second kappa shape index (κ2) is 4.47. The van der Waals surface area contributed by atoms with Crippen molar-refractivity contribution in [2.75, 3.05) is 0 Å². The largest absolute Gasteiger partial charge is 0.337 e. The van der Waals surface area contributed by atoms with E-state index >= 15 is 0 Å². The quantitative estimate of drug-likeness (QED) is 0.761. The number of halogens is 1.